The van der Waals surface area contributed by atoms with Crippen LogP contribution >= 0.6 is 23.2 Å². The lowest BCUT2D eigenvalue weighted by Crippen LogP contribution is -2.13. The van der Waals surface area contributed by atoms with Crippen molar-refractivity contribution >= 4 is 34.8 Å². The van der Waals surface area contributed by atoms with Crippen LogP contribution < -0.4 is 5.32 Å². The Balaban J connectivity index is 2.26. The molecule has 7 heteroatoms. The van der Waals surface area contributed by atoms with E-state index in [1.165, 1.54) is 18.2 Å². The summed E-state index contributed by atoms with van der Waals surface area (Å²) in [5.41, 5.74) is 0.0468. The summed E-state index contributed by atoms with van der Waals surface area (Å²) in [6.07, 6.45) is 0.916. The lowest BCUT2D eigenvalue weighted by atomic mass is 10.2. The number of nitrogens with zero attached hydrogens (tertiary/aromatic N) is 1. The van der Waals surface area contributed by atoms with Crippen LogP contribution in [0.5, 0.6) is 5.75 Å². The van der Waals surface area contributed by atoms with E-state index in [9.17, 15) is 14.3 Å². The molecule has 2 N–H and O–H groups in total. The van der Waals surface area contributed by atoms with Crippen molar-refractivity contribution in [3.63, 3.8) is 0 Å². The number of aromatic nitrogens is 1. The second kappa shape index (κ2) is 5.42. The highest BCUT2D eigenvalue weighted by Crippen LogP contribution is 2.35. The number of amides is 1. The van der Waals surface area contributed by atoms with Crippen molar-refractivity contribution in [3.05, 3.63) is 52.0 Å². The Hall–Kier alpha value is -1.85. The van der Waals surface area contributed by atoms with Crippen molar-refractivity contribution in [2.24, 2.45) is 0 Å². The van der Waals surface area contributed by atoms with Gasteiger partial charge < -0.3 is 10.4 Å². The van der Waals surface area contributed by atoms with Gasteiger partial charge in [0.1, 0.15) is 11.5 Å². The highest BCUT2D eigenvalue weighted by atomic mass is 35.5. The second-order valence-electron chi connectivity index (χ2n) is 3.60. The number of anilines is 1. The summed E-state index contributed by atoms with van der Waals surface area (Å²) in [6, 6.07) is 5.00. The summed E-state index contributed by atoms with van der Waals surface area (Å²) in [7, 11) is 0. The molecule has 1 amide bonds. The highest BCUT2D eigenvalue weighted by molar-refractivity contribution is 6.36. The molecule has 0 saturated heterocycles. The smallest absolute Gasteiger partial charge is 0.274 e. The van der Waals surface area contributed by atoms with E-state index >= 15 is 0 Å². The standard InChI is InChI=1S/C12H7Cl2FN2O2/c13-6-3-8(14)11(18)10(4-6)17-12(19)9-2-1-7(15)5-16-9/h1-5,18H,(H,17,19). The molecule has 0 aliphatic carbocycles. The van der Waals surface area contributed by atoms with Gasteiger partial charge in [-0.1, -0.05) is 23.2 Å². The number of phenolic OH excluding ortho intramolecular Hbond substituents is 1. The Morgan fingerprint density at radius 1 is 1.32 bits per heavy atom. The third-order valence-electron chi connectivity index (χ3n) is 2.24. The van der Waals surface area contributed by atoms with Crippen molar-refractivity contribution < 1.29 is 14.3 Å². The predicted octanol–water partition coefficient (Wildman–Crippen LogP) is 3.49. The van der Waals surface area contributed by atoms with Gasteiger partial charge >= 0.3 is 0 Å². The molecule has 1 heterocycles. The van der Waals surface area contributed by atoms with Crippen LogP contribution in [0.1, 0.15) is 10.5 Å². The van der Waals surface area contributed by atoms with Crippen LogP contribution in [-0.2, 0) is 0 Å². The fraction of sp³-hybridized carbons (Fsp3) is 0. The monoisotopic (exact) mass is 300 g/mol. The quantitative estimate of drug-likeness (QED) is 0.835. The van der Waals surface area contributed by atoms with Crippen molar-refractivity contribution in [2.75, 3.05) is 5.32 Å². The van der Waals surface area contributed by atoms with Gasteiger partial charge in [-0.05, 0) is 24.3 Å². The molecule has 0 aliphatic rings. The van der Waals surface area contributed by atoms with E-state index in [0.29, 0.717) is 0 Å². The van der Waals surface area contributed by atoms with E-state index in [0.717, 1.165) is 12.3 Å². The number of carbonyl (C=O) groups excluding carboxylic acids is 1. The third kappa shape index (κ3) is 3.13. The Labute approximate surface area is 117 Å². The number of pyridine rings is 1. The Morgan fingerprint density at radius 3 is 2.68 bits per heavy atom. The summed E-state index contributed by atoms with van der Waals surface area (Å²) in [4.78, 5) is 15.4. The molecule has 0 radical (unpaired) electrons. The van der Waals surface area contributed by atoms with Gasteiger partial charge in [-0.3, -0.25) is 4.79 Å². The fourth-order valence-corrected chi connectivity index (χ4v) is 1.85. The number of aromatic hydroxyl groups is 1. The van der Waals surface area contributed by atoms with Crippen molar-refractivity contribution in [3.8, 4) is 5.75 Å². The Morgan fingerprint density at radius 2 is 2.05 bits per heavy atom. The van der Waals surface area contributed by atoms with Gasteiger partial charge in [0.15, 0.2) is 5.75 Å². The van der Waals surface area contributed by atoms with E-state index in [4.69, 9.17) is 23.2 Å². The Kier molecular flexibility index (Phi) is 3.87. The molecule has 2 aromatic rings. The van der Waals surface area contributed by atoms with Crippen LogP contribution in [0.15, 0.2) is 30.5 Å². The maximum absolute atomic E-state index is 12.7. The topological polar surface area (TPSA) is 62.2 Å². The molecule has 0 saturated carbocycles. The van der Waals surface area contributed by atoms with Gasteiger partial charge in [-0.2, -0.15) is 0 Å². The van der Waals surface area contributed by atoms with Crippen LogP contribution in [0, 0.1) is 5.82 Å². The third-order valence-corrected chi connectivity index (χ3v) is 2.74. The molecule has 2 rings (SSSR count). The van der Waals surface area contributed by atoms with Crippen molar-refractivity contribution in [2.45, 2.75) is 0 Å². The molecule has 1 aromatic carbocycles. The zero-order valence-corrected chi connectivity index (χ0v) is 10.8. The SMILES string of the molecule is O=C(Nc1cc(Cl)cc(Cl)c1O)c1ccc(F)cn1. The molecule has 0 fully saturated rings. The zero-order valence-electron chi connectivity index (χ0n) is 9.32. The molecule has 0 atom stereocenters. The minimum absolute atomic E-state index is 0.00287. The average Bonchev–Trinajstić information content (AvgIpc) is 2.36. The first kappa shape index (κ1) is 13.6. The van der Waals surface area contributed by atoms with E-state index in [2.05, 4.69) is 10.3 Å². The van der Waals surface area contributed by atoms with Crippen LogP contribution in [-0.4, -0.2) is 16.0 Å². The number of phenols is 1. The minimum Gasteiger partial charge on any atom is -0.504 e. The van der Waals surface area contributed by atoms with Gasteiger partial charge in [-0.15, -0.1) is 0 Å². The first-order chi connectivity index (χ1) is 8.97. The molecule has 0 bridgehead atoms. The van der Waals surface area contributed by atoms with Gasteiger partial charge in [0, 0.05) is 5.02 Å². The van der Waals surface area contributed by atoms with Gasteiger partial charge in [-0.25, -0.2) is 9.37 Å². The number of halogens is 3. The second-order valence-corrected chi connectivity index (χ2v) is 4.44. The molecule has 0 aliphatic heterocycles. The largest absolute Gasteiger partial charge is 0.504 e. The van der Waals surface area contributed by atoms with Crippen LogP contribution in [0.2, 0.25) is 10.0 Å². The number of nitrogens with one attached hydrogen (secondary N) is 1. The zero-order chi connectivity index (χ0) is 14.0. The van der Waals surface area contributed by atoms with Gasteiger partial charge in [0.25, 0.3) is 5.91 Å². The van der Waals surface area contributed by atoms with E-state index in [1.807, 2.05) is 0 Å². The number of hydrogen-bond donors (Lipinski definition) is 2. The van der Waals surface area contributed by atoms with Crippen molar-refractivity contribution in [1.29, 1.82) is 0 Å². The molecule has 1 aromatic heterocycles. The Bertz CT molecular complexity index is 632. The summed E-state index contributed by atoms with van der Waals surface area (Å²) in [5.74, 6) is -1.47. The summed E-state index contributed by atoms with van der Waals surface area (Å²) >= 11 is 11.5. The normalized spacial score (nSPS) is 10.3. The number of rotatable bonds is 2. The number of hydrogen-bond acceptors (Lipinski definition) is 3. The van der Waals surface area contributed by atoms with E-state index in [1.54, 1.807) is 0 Å². The van der Waals surface area contributed by atoms with Crippen LogP contribution in [0.4, 0.5) is 10.1 Å². The van der Waals surface area contributed by atoms with Crippen molar-refractivity contribution in [1.82, 2.24) is 4.98 Å². The van der Waals surface area contributed by atoms with Gasteiger partial charge in [0.2, 0.25) is 0 Å². The molecule has 19 heavy (non-hydrogen) atoms. The maximum Gasteiger partial charge on any atom is 0.274 e. The lowest BCUT2D eigenvalue weighted by Gasteiger charge is -2.08. The summed E-state index contributed by atoms with van der Waals surface area (Å²) < 4.78 is 12.7. The fourth-order valence-electron chi connectivity index (χ4n) is 1.36. The number of benzene rings is 1. The first-order valence-electron chi connectivity index (χ1n) is 5.08. The summed E-state index contributed by atoms with van der Waals surface area (Å²) in [6.45, 7) is 0. The van der Waals surface area contributed by atoms with E-state index in [-0.39, 0.29) is 27.2 Å². The van der Waals surface area contributed by atoms with Crippen LogP contribution in [0.3, 0.4) is 0 Å². The average molecular weight is 301 g/mol. The first-order valence-corrected chi connectivity index (χ1v) is 5.84. The molecular weight excluding hydrogens is 294 g/mol. The molecule has 0 unspecified atom stereocenters. The minimum atomic E-state index is -0.617. The number of carbonyl (C=O) groups is 1. The van der Waals surface area contributed by atoms with E-state index < -0.39 is 11.7 Å². The molecule has 0 spiro atoms. The van der Waals surface area contributed by atoms with Crippen LogP contribution in [0.25, 0.3) is 0 Å². The highest BCUT2D eigenvalue weighted by Gasteiger charge is 2.13. The summed E-state index contributed by atoms with van der Waals surface area (Å²) in [5, 5.41) is 12.3. The van der Waals surface area contributed by atoms with Gasteiger partial charge in [0.05, 0.1) is 16.9 Å². The molecule has 98 valence electrons. The predicted molar refractivity (Wildman–Crippen MR) is 70.3 cm³/mol. The lowest BCUT2D eigenvalue weighted by molar-refractivity contribution is 0.102. The maximum atomic E-state index is 12.7. The molecular formula is C12H7Cl2FN2O2. The molecule has 4 nitrogen and oxygen atoms in total.